The zero-order valence-corrected chi connectivity index (χ0v) is 15.0. The van der Waals surface area contributed by atoms with Gasteiger partial charge in [0.25, 0.3) is 0 Å². The lowest BCUT2D eigenvalue weighted by Crippen LogP contribution is -2.44. The van der Waals surface area contributed by atoms with E-state index in [9.17, 15) is 14.4 Å². The molecule has 0 aliphatic carbocycles. The molecule has 1 aromatic rings. The molecule has 0 unspecified atom stereocenters. The Hall–Kier alpha value is -1.64. The molecule has 0 radical (unpaired) electrons. The Balaban J connectivity index is 2.15. The molecule has 6 heteroatoms. The van der Waals surface area contributed by atoms with Crippen molar-refractivity contribution in [3.05, 3.63) is 34.6 Å². The summed E-state index contributed by atoms with van der Waals surface area (Å²) in [7, 11) is 0. The molecule has 0 amide bonds. The molecule has 1 aliphatic rings. The molecule has 0 saturated carbocycles. The zero-order valence-electron chi connectivity index (χ0n) is 14.2. The predicted octanol–water partition coefficient (Wildman–Crippen LogP) is 4.23. The van der Waals surface area contributed by atoms with E-state index in [-0.39, 0.29) is 12.4 Å². The normalized spacial score (nSPS) is 18.0. The maximum absolute atomic E-state index is 13.7. The smallest absolute Gasteiger partial charge is 0.330 e. The molecule has 1 heterocycles. The van der Waals surface area contributed by atoms with Crippen molar-refractivity contribution >= 4 is 17.6 Å². The third-order valence-electron chi connectivity index (χ3n) is 4.40. The Kier molecular flexibility index (Phi) is 5.52. The highest BCUT2D eigenvalue weighted by Crippen LogP contribution is 2.40. The van der Waals surface area contributed by atoms with Crippen LogP contribution in [0.5, 0.6) is 0 Å². The summed E-state index contributed by atoms with van der Waals surface area (Å²) in [5.41, 5.74) is -0.307. The van der Waals surface area contributed by atoms with Crippen LogP contribution in [-0.4, -0.2) is 24.1 Å². The Morgan fingerprint density at radius 3 is 2.50 bits per heavy atom. The van der Waals surface area contributed by atoms with Gasteiger partial charge in [0.1, 0.15) is 5.82 Å². The Labute approximate surface area is 147 Å². The van der Waals surface area contributed by atoms with Crippen molar-refractivity contribution in [3.8, 4) is 6.07 Å². The molecule has 0 aromatic heterocycles. The van der Waals surface area contributed by atoms with Crippen molar-refractivity contribution in [2.24, 2.45) is 5.41 Å². The van der Waals surface area contributed by atoms with Crippen molar-refractivity contribution in [3.63, 3.8) is 0 Å². The summed E-state index contributed by atoms with van der Waals surface area (Å²) in [6.07, 6.45) is 1.46. The summed E-state index contributed by atoms with van der Waals surface area (Å²) >= 11 is 5.98. The van der Waals surface area contributed by atoms with Crippen LogP contribution in [0.4, 0.5) is 4.39 Å². The van der Waals surface area contributed by atoms with Gasteiger partial charge in [-0.05, 0) is 57.4 Å². The van der Waals surface area contributed by atoms with Crippen molar-refractivity contribution in [1.29, 1.82) is 5.26 Å². The lowest BCUT2D eigenvalue weighted by Gasteiger charge is -2.40. The molecule has 0 bridgehead atoms. The van der Waals surface area contributed by atoms with Crippen LogP contribution < -0.4 is 0 Å². The molecular weight excluding hydrogens is 331 g/mol. The van der Waals surface area contributed by atoms with E-state index in [2.05, 4.69) is 6.07 Å². The lowest BCUT2D eigenvalue weighted by atomic mass is 9.71. The van der Waals surface area contributed by atoms with Crippen molar-refractivity contribution < 1.29 is 14.0 Å². The third kappa shape index (κ3) is 4.25. The van der Waals surface area contributed by atoms with E-state index in [1.54, 1.807) is 31.9 Å². The summed E-state index contributed by atoms with van der Waals surface area (Å²) in [5.74, 6) is -0.694. The van der Waals surface area contributed by atoms with Gasteiger partial charge in [0.2, 0.25) is 0 Å². The first-order valence-corrected chi connectivity index (χ1v) is 8.35. The monoisotopic (exact) mass is 352 g/mol. The van der Waals surface area contributed by atoms with E-state index in [1.165, 1.54) is 12.1 Å². The maximum Gasteiger partial charge on any atom is 0.330 e. The van der Waals surface area contributed by atoms with Crippen LogP contribution in [0.2, 0.25) is 5.02 Å². The maximum atomic E-state index is 13.7. The van der Waals surface area contributed by atoms with Gasteiger partial charge < -0.3 is 4.84 Å². The Morgan fingerprint density at radius 2 is 2.00 bits per heavy atom. The molecule has 1 fully saturated rings. The van der Waals surface area contributed by atoms with Crippen LogP contribution in [0.15, 0.2) is 18.2 Å². The number of nitriles is 1. The summed E-state index contributed by atoms with van der Waals surface area (Å²) in [5, 5.41) is 11.2. The van der Waals surface area contributed by atoms with Crippen LogP contribution in [0.3, 0.4) is 0 Å². The van der Waals surface area contributed by atoms with E-state index in [1.807, 2.05) is 0 Å². The minimum Gasteiger partial charge on any atom is -0.367 e. The quantitative estimate of drug-likeness (QED) is 0.816. The van der Waals surface area contributed by atoms with Crippen LogP contribution in [-0.2, 0) is 15.0 Å². The number of hydrogen-bond donors (Lipinski definition) is 0. The van der Waals surface area contributed by atoms with Gasteiger partial charge >= 0.3 is 5.97 Å². The molecule has 1 aliphatic heterocycles. The van der Waals surface area contributed by atoms with Crippen LogP contribution in [0, 0.1) is 22.6 Å². The first-order valence-electron chi connectivity index (χ1n) is 7.97. The summed E-state index contributed by atoms with van der Waals surface area (Å²) in [6, 6.07) is 6.62. The van der Waals surface area contributed by atoms with Crippen molar-refractivity contribution in [2.75, 3.05) is 13.1 Å². The average molecular weight is 353 g/mol. The fourth-order valence-corrected chi connectivity index (χ4v) is 3.06. The molecule has 2 rings (SSSR count). The van der Waals surface area contributed by atoms with E-state index in [0.29, 0.717) is 31.0 Å². The number of halogens is 2. The van der Waals surface area contributed by atoms with Crippen molar-refractivity contribution in [2.45, 2.75) is 45.4 Å². The summed E-state index contributed by atoms with van der Waals surface area (Å²) in [4.78, 5) is 17.4. The van der Waals surface area contributed by atoms with Gasteiger partial charge in [-0.25, -0.2) is 9.18 Å². The standard InChI is InChI=1S/C18H22ClFN2O2/c1-17(2,3)16(23)24-22-8-5-18(4-7-21,6-9-22)13-10-14(19)12-15(20)11-13/h10-12H,4-6,8-9H2,1-3H3. The summed E-state index contributed by atoms with van der Waals surface area (Å²) < 4.78 is 13.7. The van der Waals surface area contributed by atoms with Gasteiger partial charge in [-0.15, -0.1) is 5.06 Å². The second-order valence-electron chi connectivity index (χ2n) is 7.33. The minimum absolute atomic E-state index is 0.272. The highest BCUT2D eigenvalue weighted by Gasteiger charge is 2.38. The number of piperidine rings is 1. The fraction of sp³-hybridized carbons (Fsp3) is 0.556. The fourth-order valence-electron chi connectivity index (χ4n) is 2.84. The Morgan fingerprint density at radius 1 is 1.38 bits per heavy atom. The topological polar surface area (TPSA) is 53.3 Å². The molecule has 24 heavy (non-hydrogen) atoms. The molecule has 1 aromatic carbocycles. The Bertz CT molecular complexity index is 636. The number of nitrogens with zero attached hydrogens (tertiary/aromatic N) is 2. The van der Waals surface area contributed by atoms with Gasteiger partial charge in [0.15, 0.2) is 0 Å². The van der Waals surface area contributed by atoms with Crippen LogP contribution in [0.1, 0.15) is 45.6 Å². The largest absolute Gasteiger partial charge is 0.367 e. The van der Waals surface area contributed by atoms with E-state index in [0.717, 1.165) is 5.56 Å². The van der Waals surface area contributed by atoms with Crippen LogP contribution in [0.25, 0.3) is 0 Å². The number of hydrogen-bond acceptors (Lipinski definition) is 4. The first kappa shape index (κ1) is 18.7. The number of benzene rings is 1. The van der Waals surface area contributed by atoms with Gasteiger partial charge in [0.05, 0.1) is 11.5 Å². The molecule has 0 N–H and O–H groups in total. The zero-order chi connectivity index (χ0) is 18.0. The van der Waals surface area contributed by atoms with Crippen LogP contribution >= 0.6 is 11.6 Å². The van der Waals surface area contributed by atoms with E-state index < -0.39 is 16.6 Å². The van der Waals surface area contributed by atoms with Gasteiger partial charge in [0, 0.05) is 29.9 Å². The van der Waals surface area contributed by atoms with Crippen molar-refractivity contribution in [1.82, 2.24) is 5.06 Å². The molecule has 4 nitrogen and oxygen atoms in total. The van der Waals surface area contributed by atoms with Gasteiger partial charge in [-0.2, -0.15) is 5.26 Å². The molecule has 130 valence electrons. The number of hydroxylamine groups is 2. The molecular formula is C18H22ClFN2O2. The third-order valence-corrected chi connectivity index (χ3v) is 4.61. The first-order chi connectivity index (χ1) is 11.2. The van der Waals surface area contributed by atoms with E-state index >= 15 is 0 Å². The number of carbonyl (C=O) groups is 1. The summed E-state index contributed by atoms with van der Waals surface area (Å²) in [6.45, 7) is 6.39. The van der Waals surface area contributed by atoms with E-state index in [4.69, 9.17) is 16.4 Å². The molecule has 0 atom stereocenters. The molecule has 0 spiro atoms. The average Bonchev–Trinajstić information content (AvgIpc) is 2.47. The highest BCUT2D eigenvalue weighted by atomic mass is 35.5. The second-order valence-corrected chi connectivity index (χ2v) is 7.77. The van der Waals surface area contributed by atoms with Gasteiger partial charge in [-0.3, -0.25) is 0 Å². The number of carbonyl (C=O) groups excluding carboxylic acids is 1. The minimum atomic E-state index is -0.572. The molecule has 1 saturated heterocycles. The lowest BCUT2D eigenvalue weighted by molar-refractivity contribution is -0.207. The predicted molar refractivity (Wildman–Crippen MR) is 89.7 cm³/mol. The number of rotatable bonds is 3. The van der Waals surface area contributed by atoms with Gasteiger partial charge in [-0.1, -0.05) is 11.6 Å². The second kappa shape index (κ2) is 7.08. The SMILES string of the molecule is CC(C)(C)C(=O)ON1CCC(CC#N)(c2cc(F)cc(Cl)c2)CC1. The highest BCUT2D eigenvalue weighted by molar-refractivity contribution is 6.30.